The minimum atomic E-state index is 0.140. The lowest BCUT2D eigenvalue weighted by Gasteiger charge is -2.15. The summed E-state index contributed by atoms with van der Waals surface area (Å²) in [7, 11) is 1.97. The van der Waals surface area contributed by atoms with E-state index in [1.807, 2.05) is 11.7 Å². The van der Waals surface area contributed by atoms with Crippen LogP contribution < -0.4 is 11.3 Å². The topological polar surface area (TPSA) is 65.1 Å². The second kappa shape index (κ2) is 7.42. The maximum atomic E-state index is 5.53. The monoisotopic (exact) mass is 240 g/mol. The molecule has 0 spiro atoms. The van der Waals surface area contributed by atoms with E-state index < -0.39 is 0 Å². The fourth-order valence-corrected chi connectivity index (χ4v) is 1.72. The van der Waals surface area contributed by atoms with Crippen molar-refractivity contribution >= 4 is 0 Å². The molecular formula is C12H24N4O. The average molecular weight is 240 g/mol. The third kappa shape index (κ3) is 4.46. The molecule has 17 heavy (non-hydrogen) atoms. The van der Waals surface area contributed by atoms with Crippen LogP contribution in [0, 0.1) is 0 Å². The quantitative estimate of drug-likeness (QED) is 0.400. The normalized spacial score (nSPS) is 12.9. The van der Waals surface area contributed by atoms with E-state index in [0.717, 1.165) is 31.6 Å². The molecule has 1 aromatic rings. The van der Waals surface area contributed by atoms with Crippen molar-refractivity contribution in [3.05, 3.63) is 17.5 Å². The van der Waals surface area contributed by atoms with Gasteiger partial charge in [0.15, 0.2) is 0 Å². The first-order chi connectivity index (χ1) is 8.21. The number of nitrogens with one attached hydrogen (secondary N) is 1. The zero-order valence-electron chi connectivity index (χ0n) is 11.1. The Morgan fingerprint density at radius 2 is 2.29 bits per heavy atom. The van der Waals surface area contributed by atoms with Gasteiger partial charge in [0, 0.05) is 31.8 Å². The highest BCUT2D eigenvalue weighted by molar-refractivity contribution is 5.11. The lowest BCUT2D eigenvalue weighted by atomic mass is 10.1. The molecule has 1 aromatic heterocycles. The maximum Gasteiger partial charge on any atom is 0.0636 e. The molecule has 0 aliphatic carbocycles. The van der Waals surface area contributed by atoms with Gasteiger partial charge in [0.2, 0.25) is 0 Å². The van der Waals surface area contributed by atoms with E-state index in [0.29, 0.717) is 6.61 Å². The van der Waals surface area contributed by atoms with Gasteiger partial charge in [0.05, 0.1) is 12.3 Å². The Kier molecular flexibility index (Phi) is 6.18. The van der Waals surface area contributed by atoms with Crippen molar-refractivity contribution in [3.63, 3.8) is 0 Å². The number of hydrogen-bond acceptors (Lipinski definition) is 4. The minimum Gasteiger partial charge on any atom is -0.380 e. The van der Waals surface area contributed by atoms with Crippen LogP contribution in [0.15, 0.2) is 6.07 Å². The fourth-order valence-electron chi connectivity index (χ4n) is 1.72. The highest BCUT2D eigenvalue weighted by Gasteiger charge is 2.11. The molecule has 1 rings (SSSR count). The molecular weight excluding hydrogens is 216 g/mol. The summed E-state index contributed by atoms with van der Waals surface area (Å²) < 4.78 is 7.43. The molecule has 0 aliphatic rings. The summed E-state index contributed by atoms with van der Waals surface area (Å²) in [4.78, 5) is 0. The molecule has 1 heterocycles. The van der Waals surface area contributed by atoms with Gasteiger partial charge in [-0.15, -0.1) is 0 Å². The van der Waals surface area contributed by atoms with Gasteiger partial charge in [0.1, 0.15) is 0 Å². The predicted molar refractivity (Wildman–Crippen MR) is 68.5 cm³/mol. The van der Waals surface area contributed by atoms with Gasteiger partial charge < -0.3 is 4.74 Å². The van der Waals surface area contributed by atoms with Gasteiger partial charge in [0.25, 0.3) is 0 Å². The zero-order chi connectivity index (χ0) is 12.7. The number of hydrazine groups is 1. The summed E-state index contributed by atoms with van der Waals surface area (Å²) in [6.45, 7) is 5.62. The number of nitrogens with zero attached hydrogens (tertiary/aromatic N) is 2. The number of ether oxygens (including phenoxy) is 1. The molecule has 3 N–H and O–H groups in total. The minimum absolute atomic E-state index is 0.140. The van der Waals surface area contributed by atoms with Crippen LogP contribution in [0.2, 0.25) is 0 Å². The van der Waals surface area contributed by atoms with Crippen LogP contribution in [0.25, 0.3) is 0 Å². The molecule has 1 atom stereocenters. The standard InChI is InChI=1S/C12H24N4O/c1-4-6-17-9-11(14-13)8-12-7-10(5-2)15-16(12)3/h7,11,14H,4-6,8-9,13H2,1-3H3. The van der Waals surface area contributed by atoms with Crippen LogP contribution in [0.1, 0.15) is 31.7 Å². The second-order valence-corrected chi connectivity index (χ2v) is 4.25. The zero-order valence-corrected chi connectivity index (χ0v) is 11.1. The first-order valence-corrected chi connectivity index (χ1v) is 6.26. The molecule has 0 saturated heterocycles. The molecule has 1 unspecified atom stereocenters. The van der Waals surface area contributed by atoms with Gasteiger partial charge in [-0.25, -0.2) is 0 Å². The van der Waals surface area contributed by atoms with Crippen LogP contribution in [0.4, 0.5) is 0 Å². The molecule has 0 amide bonds. The average Bonchev–Trinajstić information content (AvgIpc) is 2.69. The van der Waals surface area contributed by atoms with Crippen molar-refractivity contribution in [3.8, 4) is 0 Å². The summed E-state index contributed by atoms with van der Waals surface area (Å²) in [5.41, 5.74) is 5.10. The van der Waals surface area contributed by atoms with Crippen molar-refractivity contribution in [1.82, 2.24) is 15.2 Å². The molecule has 0 fully saturated rings. The van der Waals surface area contributed by atoms with E-state index in [4.69, 9.17) is 10.6 Å². The van der Waals surface area contributed by atoms with Gasteiger partial charge in [-0.05, 0) is 18.9 Å². The van der Waals surface area contributed by atoms with Gasteiger partial charge >= 0.3 is 0 Å². The lowest BCUT2D eigenvalue weighted by molar-refractivity contribution is 0.111. The fraction of sp³-hybridized carbons (Fsp3) is 0.750. The van der Waals surface area contributed by atoms with Crippen molar-refractivity contribution < 1.29 is 4.74 Å². The Bertz CT molecular complexity index is 324. The molecule has 0 aromatic carbocycles. The Balaban J connectivity index is 2.51. The summed E-state index contributed by atoms with van der Waals surface area (Å²) >= 11 is 0. The highest BCUT2D eigenvalue weighted by atomic mass is 16.5. The molecule has 98 valence electrons. The number of aromatic nitrogens is 2. The summed E-state index contributed by atoms with van der Waals surface area (Å²) in [6, 6.07) is 2.27. The van der Waals surface area contributed by atoms with E-state index in [-0.39, 0.29) is 6.04 Å². The third-order valence-corrected chi connectivity index (χ3v) is 2.75. The molecule has 5 heteroatoms. The molecule has 0 saturated carbocycles. The van der Waals surface area contributed by atoms with Crippen molar-refractivity contribution in [2.75, 3.05) is 13.2 Å². The lowest BCUT2D eigenvalue weighted by Crippen LogP contribution is -2.40. The smallest absolute Gasteiger partial charge is 0.0636 e. The van der Waals surface area contributed by atoms with Crippen molar-refractivity contribution in [1.29, 1.82) is 0 Å². The molecule has 0 radical (unpaired) electrons. The van der Waals surface area contributed by atoms with Crippen LogP contribution >= 0.6 is 0 Å². The Hall–Kier alpha value is -0.910. The van der Waals surface area contributed by atoms with E-state index in [9.17, 15) is 0 Å². The van der Waals surface area contributed by atoms with Gasteiger partial charge in [-0.2, -0.15) is 5.10 Å². The van der Waals surface area contributed by atoms with E-state index in [1.54, 1.807) is 0 Å². The van der Waals surface area contributed by atoms with Crippen LogP contribution in [0.5, 0.6) is 0 Å². The Labute approximate surface area is 103 Å². The highest BCUT2D eigenvalue weighted by Crippen LogP contribution is 2.07. The Morgan fingerprint density at radius 1 is 1.53 bits per heavy atom. The number of rotatable bonds is 8. The SMILES string of the molecule is CCCOCC(Cc1cc(CC)nn1C)NN. The number of hydrogen-bond donors (Lipinski definition) is 2. The number of aryl methyl sites for hydroxylation is 2. The number of nitrogens with two attached hydrogens (primary N) is 1. The van der Waals surface area contributed by atoms with E-state index in [2.05, 4.69) is 30.4 Å². The summed E-state index contributed by atoms with van der Waals surface area (Å²) in [6.07, 6.45) is 2.83. The van der Waals surface area contributed by atoms with Gasteiger partial charge in [-0.3, -0.25) is 16.0 Å². The third-order valence-electron chi connectivity index (χ3n) is 2.75. The summed E-state index contributed by atoms with van der Waals surface area (Å²) in [5, 5.41) is 4.42. The van der Waals surface area contributed by atoms with Crippen LogP contribution in [-0.2, 0) is 24.6 Å². The Morgan fingerprint density at radius 3 is 2.82 bits per heavy atom. The largest absolute Gasteiger partial charge is 0.380 e. The van der Waals surface area contributed by atoms with Crippen LogP contribution in [0.3, 0.4) is 0 Å². The van der Waals surface area contributed by atoms with Gasteiger partial charge in [-0.1, -0.05) is 13.8 Å². The second-order valence-electron chi connectivity index (χ2n) is 4.25. The maximum absolute atomic E-state index is 5.53. The van der Waals surface area contributed by atoms with Crippen molar-refractivity contribution in [2.24, 2.45) is 12.9 Å². The van der Waals surface area contributed by atoms with Crippen LogP contribution in [-0.4, -0.2) is 29.0 Å². The molecule has 5 nitrogen and oxygen atoms in total. The van der Waals surface area contributed by atoms with E-state index in [1.165, 1.54) is 5.69 Å². The first-order valence-electron chi connectivity index (χ1n) is 6.26. The van der Waals surface area contributed by atoms with E-state index >= 15 is 0 Å². The molecule has 0 bridgehead atoms. The predicted octanol–water partition coefficient (Wildman–Crippen LogP) is 0.784. The summed E-state index contributed by atoms with van der Waals surface area (Å²) in [5.74, 6) is 5.53. The first kappa shape index (κ1) is 14.2. The van der Waals surface area contributed by atoms with Crippen molar-refractivity contribution in [2.45, 2.75) is 39.2 Å². The molecule has 0 aliphatic heterocycles.